The van der Waals surface area contributed by atoms with Crippen molar-refractivity contribution in [2.24, 2.45) is 13.0 Å². The van der Waals surface area contributed by atoms with Crippen molar-refractivity contribution in [3.8, 4) is 0 Å². The molecule has 2 aliphatic heterocycles. The third kappa shape index (κ3) is 3.73. The molecule has 1 unspecified atom stereocenters. The summed E-state index contributed by atoms with van der Waals surface area (Å²) in [5, 5.41) is 7.32. The number of carbonyl (C=O) groups excluding carboxylic acids is 1. The van der Waals surface area contributed by atoms with E-state index < -0.39 is 0 Å². The molecular formula is C24H35N4O+. The Morgan fingerprint density at radius 1 is 1.28 bits per heavy atom. The molecule has 2 aromatic rings. The van der Waals surface area contributed by atoms with E-state index in [1.807, 2.05) is 32.0 Å². The van der Waals surface area contributed by atoms with Crippen molar-refractivity contribution in [3.05, 3.63) is 52.8 Å². The van der Waals surface area contributed by atoms with Crippen molar-refractivity contribution >= 4 is 5.91 Å². The van der Waals surface area contributed by atoms with E-state index in [0.29, 0.717) is 12.0 Å². The van der Waals surface area contributed by atoms with E-state index in [-0.39, 0.29) is 17.5 Å². The van der Waals surface area contributed by atoms with Gasteiger partial charge in [0.25, 0.3) is 5.91 Å². The molecule has 29 heavy (non-hydrogen) atoms. The summed E-state index contributed by atoms with van der Waals surface area (Å²) in [7, 11) is 2.09. The fourth-order valence-electron chi connectivity index (χ4n) is 5.41. The van der Waals surface area contributed by atoms with Gasteiger partial charge in [-0.05, 0) is 56.6 Å². The van der Waals surface area contributed by atoms with Crippen LogP contribution >= 0.6 is 0 Å². The normalized spacial score (nSPS) is 24.3. The van der Waals surface area contributed by atoms with Crippen LogP contribution < -0.4 is 15.3 Å². The molecule has 156 valence electrons. The molecule has 1 aromatic carbocycles. The standard InChI is InChI=1S/C24H34N4O/c1-16(2)13-28-15-19(14-27(28)5)22(24-11-9-20(26-24)10-12-24)25-23(29)21-17(3)7-6-8-18(21)4/h6-8,14-16,20,22,26H,9-13H2,1-5H3/p+1. The Morgan fingerprint density at radius 2 is 1.93 bits per heavy atom. The van der Waals surface area contributed by atoms with Crippen molar-refractivity contribution in [2.75, 3.05) is 0 Å². The Balaban J connectivity index is 1.70. The van der Waals surface area contributed by atoms with Crippen LogP contribution in [-0.4, -0.2) is 22.2 Å². The Kier molecular flexibility index (Phi) is 5.28. The topological polar surface area (TPSA) is 49.9 Å². The van der Waals surface area contributed by atoms with Crippen molar-refractivity contribution < 1.29 is 9.48 Å². The summed E-state index contributed by atoms with van der Waals surface area (Å²) in [5.41, 5.74) is 4.04. The maximum Gasteiger partial charge on any atom is 0.252 e. The van der Waals surface area contributed by atoms with Gasteiger partial charge in [0.05, 0.1) is 24.3 Å². The quantitative estimate of drug-likeness (QED) is 0.737. The summed E-state index contributed by atoms with van der Waals surface area (Å²) in [4.78, 5) is 13.4. The fraction of sp³-hybridized carbons (Fsp3) is 0.583. The lowest BCUT2D eigenvalue weighted by Crippen LogP contribution is -2.50. The number of aromatic nitrogens is 2. The Labute approximate surface area is 174 Å². The lowest BCUT2D eigenvalue weighted by Gasteiger charge is -2.35. The second kappa shape index (κ2) is 7.60. The monoisotopic (exact) mass is 395 g/mol. The van der Waals surface area contributed by atoms with Crippen molar-refractivity contribution in [1.82, 2.24) is 15.3 Å². The number of nitrogens with zero attached hydrogens (tertiary/aromatic N) is 2. The van der Waals surface area contributed by atoms with Gasteiger partial charge in [0.15, 0.2) is 7.05 Å². The highest BCUT2D eigenvalue weighted by Gasteiger charge is 2.51. The van der Waals surface area contributed by atoms with Gasteiger partial charge in [0.1, 0.15) is 0 Å². The van der Waals surface area contributed by atoms with E-state index >= 15 is 0 Å². The van der Waals surface area contributed by atoms with Gasteiger partial charge in [-0.25, -0.2) is 0 Å². The first-order valence-electron chi connectivity index (χ1n) is 11.0. The number of hydrogen-bond acceptors (Lipinski definition) is 2. The highest BCUT2D eigenvalue weighted by molar-refractivity contribution is 5.97. The maximum atomic E-state index is 13.4. The average Bonchev–Trinajstić information content (AvgIpc) is 3.35. The number of fused-ring (bicyclic) bond motifs is 2. The van der Waals surface area contributed by atoms with E-state index in [4.69, 9.17) is 0 Å². The molecule has 2 N–H and O–H groups in total. The van der Waals surface area contributed by atoms with Crippen LogP contribution in [0.25, 0.3) is 0 Å². The van der Waals surface area contributed by atoms with Gasteiger partial charge in [0.2, 0.25) is 6.20 Å². The molecule has 0 radical (unpaired) electrons. The molecule has 2 aliphatic rings. The number of rotatable bonds is 6. The van der Waals surface area contributed by atoms with Gasteiger partial charge in [-0.2, -0.15) is 4.68 Å². The number of carbonyl (C=O) groups is 1. The second-order valence-corrected chi connectivity index (χ2v) is 9.60. The molecule has 0 aliphatic carbocycles. The molecule has 3 heterocycles. The van der Waals surface area contributed by atoms with E-state index in [0.717, 1.165) is 36.1 Å². The zero-order valence-corrected chi connectivity index (χ0v) is 18.5. The Morgan fingerprint density at radius 3 is 2.48 bits per heavy atom. The smallest absolute Gasteiger partial charge is 0.252 e. The predicted molar refractivity (Wildman–Crippen MR) is 115 cm³/mol. The third-order valence-corrected chi connectivity index (χ3v) is 6.83. The first-order chi connectivity index (χ1) is 13.8. The molecule has 4 rings (SSSR count). The average molecular weight is 396 g/mol. The zero-order chi connectivity index (χ0) is 20.8. The molecule has 1 atom stereocenters. The molecule has 5 nitrogen and oxygen atoms in total. The number of amides is 1. The second-order valence-electron chi connectivity index (χ2n) is 9.60. The van der Waals surface area contributed by atoms with Gasteiger partial charge in [-0.3, -0.25) is 4.79 Å². The molecule has 2 fully saturated rings. The van der Waals surface area contributed by atoms with Gasteiger partial charge in [-0.15, -0.1) is 4.68 Å². The van der Waals surface area contributed by atoms with Crippen LogP contribution in [-0.2, 0) is 13.6 Å². The number of benzene rings is 1. The van der Waals surface area contributed by atoms with E-state index in [2.05, 4.69) is 53.3 Å². The molecule has 2 saturated heterocycles. The number of aryl methyl sites for hydroxylation is 3. The molecule has 1 aromatic heterocycles. The number of hydrogen-bond donors (Lipinski definition) is 2. The van der Waals surface area contributed by atoms with Crippen LogP contribution in [0.15, 0.2) is 30.6 Å². The summed E-state index contributed by atoms with van der Waals surface area (Å²) in [6, 6.07) is 6.63. The summed E-state index contributed by atoms with van der Waals surface area (Å²) in [5.74, 6) is 0.610. The minimum Gasteiger partial charge on any atom is -0.343 e. The number of nitrogens with one attached hydrogen (secondary N) is 2. The predicted octanol–water partition coefficient (Wildman–Crippen LogP) is 3.34. The van der Waals surface area contributed by atoms with Gasteiger partial charge in [-0.1, -0.05) is 32.0 Å². The van der Waals surface area contributed by atoms with Crippen LogP contribution in [0.2, 0.25) is 0 Å². The summed E-state index contributed by atoms with van der Waals surface area (Å²) >= 11 is 0. The summed E-state index contributed by atoms with van der Waals surface area (Å²) in [6.07, 6.45) is 9.07. The van der Waals surface area contributed by atoms with E-state index in [1.54, 1.807) is 0 Å². The van der Waals surface area contributed by atoms with Crippen molar-refractivity contribution in [1.29, 1.82) is 0 Å². The lowest BCUT2D eigenvalue weighted by molar-refractivity contribution is -0.754. The Hall–Kier alpha value is -2.14. The molecule has 5 heteroatoms. The van der Waals surface area contributed by atoms with E-state index in [1.165, 1.54) is 18.4 Å². The summed E-state index contributed by atoms with van der Waals surface area (Å²) < 4.78 is 4.42. The highest BCUT2D eigenvalue weighted by atomic mass is 16.1. The first kappa shape index (κ1) is 20.1. The van der Waals surface area contributed by atoms with Crippen LogP contribution in [0.4, 0.5) is 0 Å². The largest absolute Gasteiger partial charge is 0.343 e. The third-order valence-electron chi connectivity index (χ3n) is 6.83. The minimum atomic E-state index is -0.0338. The van der Waals surface area contributed by atoms with Crippen molar-refractivity contribution in [3.63, 3.8) is 0 Å². The molecule has 2 bridgehead atoms. The lowest BCUT2D eigenvalue weighted by atomic mass is 9.79. The van der Waals surface area contributed by atoms with Gasteiger partial charge in [0, 0.05) is 17.1 Å². The van der Waals surface area contributed by atoms with Crippen LogP contribution in [0.1, 0.15) is 72.6 Å². The summed E-state index contributed by atoms with van der Waals surface area (Å²) in [6.45, 7) is 9.48. The fourth-order valence-corrected chi connectivity index (χ4v) is 5.41. The Bertz CT molecular complexity index is 885. The van der Waals surface area contributed by atoms with Crippen LogP contribution in [0.5, 0.6) is 0 Å². The SMILES string of the molecule is Cc1cccc(C)c1C(=O)NC(c1cn(CC(C)C)[n+](C)c1)C12CCC(CC1)N2. The van der Waals surface area contributed by atoms with Crippen LogP contribution in [0, 0.1) is 19.8 Å². The van der Waals surface area contributed by atoms with Crippen molar-refractivity contribution in [2.45, 2.75) is 77.5 Å². The first-order valence-corrected chi connectivity index (χ1v) is 11.0. The maximum absolute atomic E-state index is 13.4. The van der Waals surface area contributed by atoms with Gasteiger partial charge >= 0.3 is 0 Å². The van der Waals surface area contributed by atoms with E-state index in [9.17, 15) is 4.79 Å². The molecular weight excluding hydrogens is 360 g/mol. The van der Waals surface area contributed by atoms with Crippen LogP contribution in [0.3, 0.4) is 0 Å². The minimum absolute atomic E-state index is 0.0267. The molecule has 1 amide bonds. The molecule has 0 spiro atoms. The zero-order valence-electron chi connectivity index (χ0n) is 18.5. The van der Waals surface area contributed by atoms with Gasteiger partial charge < -0.3 is 10.6 Å². The molecule has 0 saturated carbocycles. The highest BCUT2D eigenvalue weighted by Crippen LogP contribution is 2.45.